The van der Waals surface area contributed by atoms with Crippen LogP contribution >= 0.6 is 0 Å². The van der Waals surface area contributed by atoms with Gasteiger partial charge in [-0.1, -0.05) is 24.3 Å². The number of carbonyl (C=O) groups excluding carboxylic acids is 1. The van der Waals surface area contributed by atoms with Crippen LogP contribution in [0.5, 0.6) is 0 Å². The maximum atomic E-state index is 14.6. The zero-order valence-electron chi connectivity index (χ0n) is 18.4. The van der Waals surface area contributed by atoms with Gasteiger partial charge in [-0.2, -0.15) is 0 Å². The Morgan fingerprint density at radius 1 is 1.03 bits per heavy atom. The van der Waals surface area contributed by atoms with Crippen molar-refractivity contribution in [3.05, 3.63) is 59.4 Å². The average molecular weight is 437 g/mol. The molecule has 4 aliphatic heterocycles. The van der Waals surface area contributed by atoms with Gasteiger partial charge in [0, 0.05) is 43.3 Å². The number of halogens is 1. The fraction of sp³-hybridized carbons (Fsp3) is 0.458. The number of likely N-dealkylation sites (tertiary alicyclic amines) is 1. The van der Waals surface area contributed by atoms with E-state index < -0.39 is 5.82 Å². The molecule has 4 heterocycles. The molecule has 32 heavy (non-hydrogen) atoms. The van der Waals surface area contributed by atoms with E-state index in [0.717, 1.165) is 24.2 Å². The predicted octanol–water partition coefficient (Wildman–Crippen LogP) is 1.85. The highest BCUT2D eigenvalue weighted by atomic mass is 19.1. The minimum Gasteiger partial charge on any atom is -0.366 e. The average Bonchev–Trinajstić information content (AvgIpc) is 3.47. The third-order valence-electron chi connectivity index (χ3n) is 7.65. The number of fused-ring (bicyclic) bond motifs is 3. The number of hydrogen-bond donors (Lipinski definition) is 3. The Balaban J connectivity index is 1.22. The standard InChI is InChI=1S/C24H29FN6O/c1-14-4-3-5-19(25)24(14)31-21(32)11-20-23(28-31)22(27-26-20)15-6-8-16(9-7-15)30-13-17-10-18(30)12-29(17)2/h3-9,17-18,20,22-23,26-28H,10-13H2,1-2H3/t17-,18-,20?,22?,23?/m1/s1. The first kappa shape index (κ1) is 20.1. The second-order valence-electron chi connectivity index (χ2n) is 9.59. The smallest absolute Gasteiger partial charge is 0.243 e. The van der Waals surface area contributed by atoms with Gasteiger partial charge in [0.2, 0.25) is 5.91 Å². The molecule has 3 N–H and O–H groups in total. The molecule has 0 spiro atoms. The summed E-state index contributed by atoms with van der Waals surface area (Å²) in [6.07, 6.45) is 1.55. The Bertz CT molecular complexity index is 1020. The molecule has 0 aromatic heterocycles. The molecule has 6 rings (SSSR count). The molecule has 2 aromatic carbocycles. The molecule has 3 unspecified atom stereocenters. The van der Waals surface area contributed by atoms with E-state index in [9.17, 15) is 9.18 Å². The number of aryl methyl sites for hydroxylation is 1. The van der Waals surface area contributed by atoms with Gasteiger partial charge >= 0.3 is 0 Å². The number of amides is 1. The Morgan fingerprint density at radius 2 is 1.84 bits per heavy atom. The number of carbonyl (C=O) groups is 1. The highest BCUT2D eigenvalue weighted by Crippen LogP contribution is 2.36. The molecule has 168 valence electrons. The van der Waals surface area contributed by atoms with Gasteiger partial charge in [-0.25, -0.2) is 20.3 Å². The van der Waals surface area contributed by atoms with Crippen LogP contribution < -0.4 is 26.2 Å². The number of likely N-dealkylation sites (N-methyl/N-ethyl adjacent to an activating group) is 1. The molecule has 5 atom stereocenters. The molecule has 4 fully saturated rings. The fourth-order valence-electron chi connectivity index (χ4n) is 5.89. The van der Waals surface area contributed by atoms with Crippen molar-refractivity contribution in [2.45, 2.75) is 50.0 Å². The number of nitrogens with zero attached hydrogens (tertiary/aromatic N) is 3. The van der Waals surface area contributed by atoms with Crippen LogP contribution in [0.15, 0.2) is 42.5 Å². The zero-order valence-corrected chi connectivity index (χ0v) is 18.4. The van der Waals surface area contributed by atoms with Crippen molar-refractivity contribution in [3.8, 4) is 0 Å². The van der Waals surface area contributed by atoms with E-state index in [1.165, 1.54) is 23.2 Å². The summed E-state index contributed by atoms with van der Waals surface area (Å²) in [5.41, 5.74) is 13.4. The number of piperazine rings is 1. The van der Waals surface area contributed by atoms with Gasteiger partial charge in [-0.05, 0) is 49.7 Å². The summed E-state index contributed by atoms with van der Waals surface area (Å²) in [5.74, 6) is -0.534. The van der Waals surface area contributed by atoms with Crippen molar-refractivity contribution < 1.29 is 9.18 Å². The number of nitrogens with one attached hydrogen (secondary N) is 3. The normalized spacial score (nSPS) is 32.1. The number of para-hydroxylation sites is 1. The van der Waals surface area contributed by atoms with Crippen LogP contribution in [-0.2, 0) is 4.79 Å². The molecule has 2 aromatic rings. The molecule has 0 radical (unpaired) electrons. The van der Waals surface area contributed by atoms with E-state index >= 15 is 0 Å². The summed E-state index contributed by atoms with van der Waals surface area (Å²) in [6.45, 7) is 4.05. The van der Waals surface area contributed by atoms with Crippen LogP contribution in [0, 0.1) is 12.7 Å². The van der Waals surface area contributed by atoms with Crippen molar-refractivity contribution in [3.63, 3.8) is 0 Å². The number of anilines is 2. The lowest BCUT2D eigenvalue weighted by Gasteiger charge is -2.37. The molecule has 1 amide bonds. The first-order valence-corrected chi connectivity index (χ1v) is 11.4. The molecule has 7 nitrogen and oxygen atoms in total. The SMILES string of the molecule is Cc1cccc(F)c1N1NC2C(CC1=O)NNC2c1ccc(N2C[C@H]3C[C@@H]2CN3C)cc1. The molecule has 2 bridgehead atoms. The fourth-order valence-corrected chi connectivity index (χ4v) is 5.89. The van der Waals surface area contributed by atoms with Gasteiger partial charge in [-0.15, -0.1) is 0 Å². The van der Waals surface area contributed by atoms with Gasteiger partial charge in [0.05, 0.1) is 17.8 Å². The summed E-state index contributed by atoms with van der Waals surface area (Å²) in [7, 11) is 2.22. The van der Waals surface area contributed by atoms with Crippen molar-refractivity contribution in [2.24, 2.45) is 0 Å². The van der Waals surface area contributed by atoms with Gasteiger partial charge in [-0.3, -0.25) is 15.1 Å². The number of hydrogen-bond acceptors (Lipinski definition) is 6. The largest absolute Gasteiger partial charge is 0.366 e. The number of hydrazine groups is 2. The highest BCUT2D eigenvalue weighted by Gasteiger charge is 2.45. The summed E-state index contributed by atoms with van der Waals surface area (Å²) in [4.78, 5) is 17.8. The van der Waals surface area contributed by atoms with E-state index in [1.807, 2.05) is 13.0 Å². The lowest BCUT2D eigenvalue weighted by molar-refractivity contribution is -0.121. The van der Waals surface area contributed by atoms with E-state index in [-0.39, 0.29) is 24.0 Å². The Morgan fingerprint density at radius 3 is 2.53 bits per heavy atom. The summed E-state index contributed by atoms with van der Waals surface area (Å²) >= 11 is 0. The molecule has 8 heteroatoms. The Kier molecular flexibility index (Phi) is 4.73. The first-order chi connectivity index (χ1) is 15.5. The topological polar surface area (TPSA) is 62.9 Å². The number of rotatable bonds is 3. The lowest BCUT2D eigenvalue weighted by Crippen LogP contribution is -2.60. The summed E-state index contributed by atoms with van der Waals surface area (Å²) in [5, 5.41) is 1.40. The molecule has 4 aliphatic rings. The summed E-state index contributed by atoms with van der Waals surface area (Å²) < 4.78 is 14.6. The zero-order chi connectivity index (χ0) is 22.0. The van der Waals surface area contributed by atoms with Gasteiger partial charge < -0.3 is 4.90 Å². The minimum absolute atomic E-state index is 0.0297. The van der Waals surface area contributed by atoms with Gasteiger partial charge in [0.1, 0.15) is 5.82 Å². The lowest BCUT2D eigenvalue weighted by atomic mass is 9.93. The predicted molar refractivity (Wildman–Crippen MR) is 122 cm³/mol. The van der Waals surface area contributed by atoms with Crippen LogP contribution in [0.4, 0.5) is 15.8 Å². The number of benzene rings is 2. The maximum absolute atomic E-state index is 14.6. The third kappa shape index (κ3) is 3.13. The van der Waals surface area contributed by atoms with Crippen LogP contribution in [-0.4, -0.2) is 55.1 Å². The van der Waals surface area contributed by atoms with Crippen molar-refractivity contribution >= 4 is 17.3 Å². The molecule has 0 aliphatic carbocycles. The van der Waals surface area contributed by atoms with Crippen LogP contribution in [0.3, 0.4) is 0 Å². The second kappa shape index (κ2) is 7.52. The first-order valence-electron chi connectivity index (χ1n) is 11.4. The van der Waals surface area contributed by atoms with Crippen molar-refractivity contribution in [1.29, 1.82) is 0 Å². The quantitative estimate of drug-likeness (QED) is 0.683. The maximum Gasteiger partial charge on any atom is 0.243 e. The van der Waals surface area contributed by atoms with Crippen molar-refractivity contribution in [1.82, 2.24) is 21.2 Å². The molecule has 0 saturated carbocycles. The molecule has 4 saturated heterocycles. The molecular formula is C24H29FN6O. The molecular weight excluding hydrogens is 407 g/mol. The van der Waals surface area contributed by atoms with Gasteiger partial charge in [0.25, 0.3) is 0 Å². The Labute approximate surface area is 187 Å². The van der Waals surface area contributed by atoms with Crippen LogP contribution in [0.1, 0.15) is 30.0 Å². The monoisotopic (exact) mass is 436 g/mol. The van der Waals surface area contributed by atoms with Crippen molar-refractivity contribution in [2.75, 3.05) is 30.0 Å². The van der Waals surface area contributed by atoms with E-state index in [4.69, 9.17) is 0 Å². The van der Waals surface area contributed by atoms with E-state index in [1.54, 1.807) is 6.07 Å². The van der Waals surface area contributed by atoms with Crippen LogP contribution in [0.25, 0.3) is 0 Å². The highest BCUT2D eigenvalue weighted by molar-refractivity contribution is 5.94. The minimum atomic E-state index is -0.394. The van der Waals surface area contributed by atoms with E-state index in [0.29, 0.717) is 24.2 Å². The third-order valence-corrected chi connectivity index (χ3v) is 7.65. The van der Waals surface area contributed by atoms with Crippen LogP contribution in [0.2, 0.25) is 0 Å². The summed E-state index contributed by atoms with van der Waals surface area (Å²) in [6, 6.07) is 14.7. The van der Waals surface area contributed by atoms with E-state index in [2.05, 4.69) is 57.4 Å². The second-order valence-corrected chi connectivity index (χ2v) is 9.59. The Hall–Kier alpha value is -2.52. The van der Waals surface area contributed by atoms with Gasteiger partial charge in [0.15, 0.2) is 0 Å².